The average Bonchev–Trinajstić information content (AvgIpc) is 2.80. The van der Waals surface area contributed by atoms with Crippen LogP contribution in [0.2, 0.25) is 0 Å². The van der Waals surface area contributed by atoms with Crippen molar-refractivity contribution in [3.05, 3.63) is 24.3 Å². The molecule has 2 atom stereocenters. The summed E-state index contributed by atoms with van der Waals surface area (Å²) in [7, 11) is 2.22. The third kappa shape index (κ3) is 2.71. The maximum absolute atomic E-state index is 4.10. The van der Waals surface area contributed by atoms with Crippen molar-refractivity contribution in [2.75, 3.05) is 13.6 Å². The van der Waals surface area contributed by atoms with Crippen LogP contribution in [0.25, 0.3) is 0 Å². The lowest BCUT2D eigenvalue weighted by molar-refractivity contribution is 0.278. The summed E-state index contributed by atoms with van der Waals surface area (Å²) in [6.45, 7) is 15.8. The van der Waals surface area contributed by atoms with Crippen LogP contribution < -0.4 is 0 Å². The SMILES string of the molecule is C=C(C)C(=C)C1CC1N(C)CC(C)C. The predicted octanol–water partition coefficient (Wildman–Crippen LogP) is 3.10. The van der Waals surface area contributed by atoms with E-state index in [-0.39, 0.29) is 0 Å². The monoisotopic (exact) mass is 193 g/mol. The summed E-state index contributed by atoms with van der Waals surface area (Å²) in [5.41, 5.74) is 2.40. The second-order valence-electron chi connectivity index (χ2n) is 5.05. The second-order valence-corrected chi connectivity index (χ2v) is 5.05. The predicted molar refractivity (Wildman–Crippen MR) is 63.3 cm³/mol. The molecule has 0 bridgehead atoms. The van der Waals surface area contributed by atoms with Crippen LogP contribution in [0.4, 0.5) is 0 Å². The molecule has 14 heavy (non-hydrogen) atoms. The van der Waals surface area contributed by atoms with E-state index in [0.29, 0.717) is 5.92 Å². The number of rotatable bonds is 5. The molecule has 1 aliphatic carbocycles. The Hall–Kier alpha value is -0.560. The van der Waals surface area contributed by atoms with Crippen molar-refractivity contribution < 1.29 is 0 Å². The van der Waals surface area contributed by atoms with Crippen LogP contribution in [0.1, 0.15) is 27.2 Å². The zero-order valence-corrected chi connectivity index (χ0v) is 10.0. The Labute approximate surface area is 88.5 Å². The molecule has 0 N–H and O–H groups in total. The first-order chi connectivity index (χ1) is 6.43. The highest BCUT2D eigenvalue weighted by Gasteiger charge is 2.41. The summed E-state index contributed by atoms with van der Waals surface area (Å²) >= 11 is 0. The van der Waals surface area contributed by atoms with Gasteiger partial charge in [0.05, 0.1) is 0 Å². The Kier molecular flexibility index (Phi) is 3.54. The molecular weight excluding hydrogens is 170 g/mol. The van der Waals surface area contributed by atoms with Crippen molar-refractivity contribution in [3.63, 3.8) is 0 Å². The summed E-state index contributed by atoms with van der Waals surface area (Å²) < 4.78 is 0. The van der Waals surface area contributed by atoms with Gasteiger partial charge in [-0.2, -0.15) is 0 Å². The molecule has 0 radical (unpaired) electrons. The lowest BCUT2D eigenvalue weighted by atomic mass is 10.1. The van der Waals surface area contributed by atoms with Gasteiger partial charge in [0.2, 0.25) is 0 Å². The van der Waals surface area contributed by atoms with Crippen LogP contribution in [-0.4, -0.2) is 24.5 Å². The van der Waals surface area contributed by atoms with E-state index in [1.54, 1.807) is 0 Å². The molecule has 0 spiro atoms. The molecule has 1 saturated carbocycles. The van der Waals surface area contributed by atoms with E-state index < -0.39 is 0 Å². The maximum Gasteiger partial charge on any atom is 0.0168 e. The van der Waals surface area contributed by atoms with Gasteiger partial charge in [-0.1, -0.05) is 32.6 Å². The van der Waals surface area contributed by atoms with Crippen molar-refractivity contribution in [2.24, 2.45) is 11.8 Å². The van der Waals surface area contributed by atoms with E-state index >= 15 is 0 Å². The summed E-state index contributed by atoms with van der Waals surface area (Å²) in [4.78, 5) is 2.46. The zero-order valence-electron chi connectivity index (χ0n) is 10.0. The molecule has 0 saturated heterocycles. The molecule has 1 aliphatic rings. The van der Waals surface area contributed by atoms with Crippen LogP contribution >= 0.6 is 0 Å². The van der Waals surface area contributed by atoms with Gasteiger partial charge in [0.25, 0.3) is 0 Å². The smallest absolute Gasteiger partial charge is 0.0168 e. The topological polar surface area (TPSA) is 3.24 Å². The molecule has 0 aromatic rings. The highest BCUT2D eigenvalue weighted by atomic mass is 15.2. The van der Waals surface area contributed by atoms with Crippen LogP contribution in [0.3, 0.4) is 0 Å². The number of nitrogens with zero attached hydrogens (tertiary/aromatic N) is 1. The van der Waals surface area contributed by atoms with Gasteiger partial charge < -0.3 is 4.90 Å². The molecule has 0 aromatic heterocycles. The van der Waals surface area contributed by atoms with E-state index in [1.165, 1.54) is 18.5 Å². The fourth-order valence-corrected chi connectivity index (χ4v) is 2.07. The highest BCUT2D eigenvalue weighted by Crippen LogP contribution is 2.42. The van der Waals surface area contributed by atoms with Gasteiger partial charge in [-0.15, -0.1) is 0 Å². The Morgan fingerprint density at radius 3 is 2.43 bits per heavy atom. The van der Waals surface area contributed by atoms with Crippen LogP contribution in [0.5, 0.6) is 0 Å². The Balaban J connectivity index is 2.38. The van der Waals surface area contributed by atoms with Gasteiger partial charge in [0.15, 0.2) is 0 Å². The highest BCUT2D eigenvalue weighted by molar-refractivity contribution is 5.31. The van der Waals surface area contributed by atoms with E-state index in [1.807, 2.05) is 0 Å². The molecule has 1 rings (SSSR count). The van der Waals surface area contributed by atoms with Crippen molar-refractivity contribution in [1.82, 2.24) is 4.90 Å². The normalized spacial score (nSPS) is 25.6. The second kappa shape index (κ2) is 4.31. The number of hydrogen-bond donors (Lipinski definition) is 0. The molecule has 2 unspecified atom stereocenters. The van der Waals surface area contributed by atoms with Crippen molar-refractivity contribution >= 4 is 0 Å². The van der Waals surface area contributed by atoms with Crippen molar-refractivity contribution in [2.45, 2.75) is 33.2 Å². The van der Waals surface area contributed by atoms with Gasteiger partial charge in [-0.3, -0.25) is 0 Å². The van der Waals surface area contributed by atoms with Crippen LogP contribution in [-0.2, 0) is 0 Å². The average molecular weight is 193 g/mol. The minimum Gasteiger partial charge on any atom is -0.303 e. The maximum atomic E-state index is 4.10. The first-order valence-electron chi connectivity index (χ1n) is 5.48. The summed E-state index contributed by atoms with van der Waals surface area (Å²) in [6.07, 6.45) is 1.27. The summed E-state index contributed by atoms with van der Waals surface area (Å²) in [6, 6.07) is 0.724. The Bertz CT molecular complexity index is 240. The Morgan fingerprint density at radius 2 is 2.00 bits per heavy atom. The molecule has 1 heteroatoms. The van der Waals surface area contributed by atoms with E-state index in [9.17, 15) is 0 Å². The Morgan fingerprint density at radius 1 is 1.43 bits per heavy atom. The molecule has 80 valence electrons. The first-order valence-corrected chi connectivity index (χ1v) is 5.48. The lowest BCUT2D eigenvalue weighted by Crippen LogP contribution is -2.26. The van der Waals surface area contributed by atoms with E-state index in [0.717, 1.165) is 17.5 Å². The quantitative estimate of drug-likeness (QED) is 0.606. The van der Waals surface area contributed by atoms with Crippen molar-refractivity contribution in [1.29, 1.82) is 0 Å². The number of hydrogen-bond acceptors (Lipinski definition) is 1. The first kappa shape index (κ1) is 11.5. The minimum atomic E-state index is 0.677. The van der Waals surface area contributed by atoms with Gasteiger partial charge in [-0.25, -0.2) is 0 Å². The van der Waals surface area contributed by atoms with Crippen LogP contribution in [0.15, 0.2) is 24.3 Å². The van der Waals surface area contributed by atoms with E-state index in [4.69, 9.17) is 0 Å². The summed E-state index contributed by atoms with van der Waals surface area (Å²) in [5, 5.41) is 0. The molecule has 1 nitrogen and oxygen atoms in total. The summed E-state index contributed by atoms with van der Waals surface area (Å²) in [5.74, 6) is 1.43. The third-order valence-electron chi connectivity index (χ3n) is 2.97. The molecule has 0 aromatic carbocycles. The molecule has 0 heterocycles. The largest absolute Gasteiger partial charge is 0.303 e. The van der Waals surface area contributed by atoms with Gasteiger partial charge >= 0.3 is 0 Å². The zero-order chi connectivity index (χ0) is 10.9. The van der Waals surface area contributed by atoms with E-state index in [2.05, 4.69) is 45.9 Å². The van der Waals surface area contributed by atoms with Gasteiger partial charge in [-0.05, 0) is 31.9 Å². The number of allylic oxidation sites excluding steroid dienone is 1. The fraction of sp³-hybridized carbons (Fsp3) is 0.692. The minimum absolute atomic E-state index is 0.677. The van der Waals surface area contributed by atoms with Crippen LogP contribution in [0, 0.1) is 11.8 Å². The molecule has 1 fully saturated rings. The molecule has 0 aliphatic heterocycles. The van der Waals surface area contributed by atoms with Gasteiger partial charge in [0.1, 0.15) is 0 Å². The molecule has 0 amide bonds. The lowest BCUT2D eigenvalue weighted by Gasteiger charge is -2.19. The molecular formula is C13H23N. The van der Waals surface area contributed by atoms with Gasteiger partial charge in [0, 0.05) is 18.5 Å². The fourth-order valence-electron chi connectivity index (χ4n) is 2.07. The third-order valence-corrected chi connectivity index (χ3v) is 2.97. The van der Waals surface area contributed by atoms with Crippen molar-refractivity contribution in [3.8, 4) is 0 Å². The standard InChI is InChI=1S/C13H23N/c1-9(2)8-14(6)13-7-12(13)11(5)10(3)4/h9,12-13H,3,5,7-8H2,1-2,4,6H3.